The monoisotopic (exact) mass is 463 g/mol. The first-order valence-electron chi connectivity index (χ1n) is 8.04. The van der Waals surface area contributed by atoms with E-state index in [0.29, 0.717) is 5.92 Å². The minimum absolute atomic E-state index is 0.171. The first kappa shape index (κ1) is 17.9. The molecular formula is C15H22IN5O2S. The number of nitrogens with one attached hydrogen (secondary N) is 2. The average molecular weight is 463 g/mol. The summed E-state index contributed by atoms with van der Waals surface area (Å²) in [4.78, 5) is 17.5. The highest BCUT2D eigenvalue weighted by molar-refractivity contribution is 14.1. The van der Waals surface area contributed by atoms with Crippen LogP contribution in [-0.2, 0) is 4.74 Å². The number of piperidine rings is 1. The Morgan fingerprint density at radius 1 is 1.58 bits per heavy atom. The van der Waals surface area contributed by atoms with Crippen molar-refractivity contribution in [3.05, 3.63) is 14.9 Å². The Balaban J connectivity index is 1.84. The van der Waals surface area contributed by atoms with E-state index in [1.54, 1.807) is 6.20 Å². The van der Waals surface area contributed by atoms with Gasteiger partial charge in [0.15, 0.2) is 0 Å². The Labute approximate surface area is 158 Å². The van der Waals surface area contributed by atoms with E-state index in [-0.39, 0.29) is 6.04 Å². The number of alkyl carbamates (subject to hydrolysis) is 1. The van der Waals surface area contributed by atoms with Crippen molar-refractivity contribution in [2.45, 2.75) is 45.3 Å². The van der Waals surface area contributed by atoms with Gasteiger partial charge in [0.25, 0.3) is 0 Å². The van der Waals surface area contributed by atoms with Crippen LogP contribution in [0.5, 0.6) is 0 Å². The second-order valence-electron chi connectivity index (χ2n) is 6.95. The summed E-state index contributed by atoms with van der Waals surface area (Å²) in [6.07, 6.45) is 3.53. The van der Waals surface area contributed by atoms with Gasteiger partial charge in [-0.1, -0.05) is 11.3 Å². The van der Waals surface area contributed by atoms with Crippen LogP contribution in [0.1, 0.15) is 44.7 Å². The summed E-state index contributed by atoms with van der Waals surface area (Å²) in [6.45, 7) is 7.48. The maximum Gasteiger partial charge on any atom is 0.408 e. The lowest BCUT2D eigenvalue weighted by Gasteiger charge is -2.30. The van der Waals surface area contributed by atoms with Gasteiger partial charge in [-0.05, 0) is 68.7 Å². The maximum atomic E-state index is 12.3. The molecule has 0 bridgehead atoms. The van der Waals surface area contributed by atoms with E-state index in [0.717, 1.165) is 39.6 Å². The molecule has 1 fully saturated rings. The van der Waals surface area contributed by atoms with Crippen LogP contribution >= 0.6 is 33.9 Å². The predicted molar refractivity (Wildman–Crippen MR) is 101 cm³/mol. The zero-order valence-electron chi connectivity index (χ0n) is 14.0. The van der Waals surface area contributed by atoms with Gasteiger partial charge in [-0.2, -0.15) is 9.61 Å². The molecule has 2 N–H and O–H groups in total. The van der Waals surface area contributed by atoms with E-state index >= 15 is 0 Å². The number of rotatable bonds is 3. The first-order chi connectivity index (χ1) is 11.3. The minimum Gasteiger partial charge on any atom is -0.444 e. The third-order valence-electron chi connectivity index (χ3n) is 3.80. The number of hydrogen-bond donors (Lipinski definition) is 2. The molecule has 1 aliphatic heterocycles. The second-order valence-corrected chi connectivity index (χ2v) is 9.04. The third kappa shape index (κ3) is 4.17. The van der Waals surface area contributed by atoms with E-state index in [2.05, 4.69) is 43.3 Å². The number of carbonyl (C=O) groups is 1. The normalized spacial score (nSPS) is 20.1. The Bertz CT molecular complexity index is 717. The molecule has 9 heteroatoms. The zero-order valence-corrected chi connectivity index (χ0v) is 17.0. The number of hydrogen-bond acceptors (Lipinski definition) is 6. The van der Waals surface area contributed by atoms with Crippen LogP contribution in [0.3, 0.4) is 0 Å². The predicted octanol–water partition coefficient (Wildman–Crippen LogP) is 2.96. The first-order valence-corrected chi connectivity index (χ1v) is 9.93. The Hall–Kier alpha value is -0.940. The molecule has 0 aromatic carbocycles. The van der Waals surface area contributed by atoms with Gasteiger partial charge in [-0.25, -0.2) is 9.78 Å². The molecule has 0 aliphatic carbocycles. The summed E-state index contributed by atoms with van der Waals surface area (Å²) in [7, 11) is 0. The van der Waals surface area contributed by atoms with Gasteiger partial charge in [-0.3, -0.25) is 0 Å². The molecule has 24 heavy (non-hydrogen) atoms. The Morgan fingerprint density at radius 2 is 2.38 bits per heavy atom. The van der Waals surface area contributed by atoms with E-state index < -0.39 is 11.7 Å². The molecule has 2 atom stereocenters. The van der Waals surface area contributed by atoms with Gasteiger partial charge in [0.05, 0.1) is 12.2 Å². The summed E-state index contributed by atoms with van der Waals surface area (Å²) < 4.78 is 8.22. The smallest absolute Gasteiger partial charge is 0.408 e. The highest BCUT2D eigenvalue weighted by atomic mass is 127. The fourth-order valence-corrected chi connectivity index (χ4v) is 4.44. The Kier molecular flexibility index (Phi) is 5.30. The molecule has 0 saturated carbocycles. The number of halogens is 1. The fourth-order valence-electron chi connectivity index (χ4n) is 2.79. The van der Waals surface area contributed by atoms with Crippen molar-refractivity contribution in [2.24, 2.45) is 5.92 Å². The molecule has 1 saturated heterocycles. The largest absolute Gasteiger partial charge is 0.444 e. The van der Waals surface area contributed by atoms with Crippen LogP contribution in [0.2, 0.25) is 0 Å². The van der Waals surface area contributed by atoms with Crippen LogP contribution in [0.15, 0.2) is 6.20 Å². The van der Waals surface area contributed by atoms with E-state index in [1.807, 2.05) is 25.3 Å². The van der Waals surface area contributed by atoms with Crippen LogP contribution in [-0.4, -0.2) is 39.4 Å². The molecule has 0 radical (unpaired) electrons. The SMILES string of the molecule is CC(C)(C)OC(=O)NC(c1nn2c(I)cnc2s1)C1CCCNC1. The van der Waals surface area contributed by atoms with E-state index in [4.69, 9.17) is 4.74 Å². The lowest BCUT2D eigenvalue weighted by Crippen LogP contribution is -2.42. The summed E-state index contributed by atoms with van der Waals surface area (Å²) >= 11 is 3.73. The summed E-state index contributed by atoms with van der Waals surface area (Å²) in [5, 5.41) is 12.0. The number of imidazole rings is 1. The van der Waals surface area contributed by atoms with Gasteiger partial charge in [-0.15, -0.1) is 0 Å². The van der Waals surface area contributed by atoms with Crippen molar-refractivity contribution in [1.82, 2.24) is 25.2 Å². The highest BCUT2D eigenvalue weighted by Gasteiger charge is 2.31. The summed E-state index contributed by atoms with van der Waals surface area (Å²) in [6, 6.07) is -0.171. The molecule has 7 nitrogen and oxygen atoms in total. The van der Waals surface area contributed by atoms with Crippen LogP contribution in [0, 0.1) is 9.62 Å². The lowest BCUT2D eigenvalue weighted by atomic mass is 9.92. The maximum absolute atomic E-state index is 12.3. The van der Waals surface area contributed by atoms with Gasteiger partial charge < -0.3 is 15.4 Å². The molecule has 2 aromatic heterocycles. The van der Waals surface area contributed by atoms with Gasteiger partial charge in [0.2, 0.25) is 4.96 Å². The molecule has 3 rings (SSSR count). The van der Waals surface area contributed by atoms with Crippen LogP contribution < -0.4 is 10.6 Å². The molecule has 3 heterocycles. The van der Waals surface area contributed by atoms with Crippen LogP contribution in [0.25, 0.3) is 4.96 Å². The van der Waals surface area contributed by atoms with Crippen molar-refractivity contribution in [3.8, 4) is 0 Å². The number of nitrogens with zero attached hydrogens (tertiary/aromatic N) is 3. The second kappa shape index (κ2) is 7.12. The molecule has 2 aromatic rings. The van der Waals surface area contributed by atoms with Crippen molar-refractivity contribution in [2.75, 3.05) is 13.1 Å². The number of ether oxygens (including phenoxy) is 1. The highest BCUT2D eigenvalue weighted by Crippen LogP contribution is 2.31. The average Bonchev–Trinajstić information content (AvgIpc) is 3.06. The van der Waals surface area contributed by atoms with Crippen molar-refractivity contribution in [3.63, 3.8) is 0 Å². The lowest BCUT2D eigenvalue weighted by molar-refractivity contribution is 0.0478. The van der Waals surface area contributed by atoms with Crippen molar-refractivity contribution >= 4 is 45.0 Å². The fraction of sp³-hybridized carbons (Fsp3) is 0.667. The number of aromatic nitrogens is 3. The topological polar surface area (TPSA) is 80.5 Å². The van der Waals surface area contributed by atoms with E-state index in [1.165, 1.54) is 11.3 Å². The van der Waals surface area contributed by atoms with Gasteiger partial charge in [0.1, 0.15) is 14.3 Å². The summed E-state index contributed by atoms with van der Waals surface area (Å²) in [5.74, 6) is 0.291. The molecule has 0 spiro atoms. The van der Waals surface area contributed by atoms with Crippen molar-refractivity contribution in [1.29, 1.82) is 0 Å². The molecular weight excluding hydrogens is 441 g/mol. The standard InChI is InChI=1S/C15H22IN5O2S/c1-15(2,3)23-14(22)19-11(9-5-4-6-17-7-9)12-20-21-10(16)8-18-13(21)24-12/h8-9,11,17H,4-7H2,1-3H3,(H,19,22). The quantitative estimate of drug-likeness (QED) is 0.685. The van der Waals surface area contributed by atoms with Gasteiger partial charge in [0, 0.05) is 6.54 Å². The number of carbonyl (C=O) groups excluding carboxylic acids is 1. The molecule has 1 amide bonds. The molecule has 132 valence electrons. The summed E-state index contributed by atoms with van der Waals surface area (Å²) in [5.41, 5.74) is -0.522. The minimum atomic E-state index is -0.522. The van der Waals surface area contributed by atoms with Crippen molar-refractivity contribution < 1.29 is 9.53 Å². The van der Waals surface area contributed by atoms with Crippen LogP contribution in [0.4, 0.5) is 4.79 Å². The zero-order chi connectivity index (χ0) is 17.3. The number of amides is 1. The molecule has 2 unspecified atom stereocenters. The Morgan fingerprint density at radius 3 is 3.00 bits per heavy atom. The number of fused-ring (bicyclic) bond motifs is 1. The molecule has 1 aliphatic rings. The van der Waals surface area contributed by atoms with E-state index in [9.17, 15) is 4.79 Å². The third-order valence-corrected chi connectivity index (χ3v) is 5.55. The van der Waals surface area contributed by atoms with Gasteiger partial charge >= 0.3 is 6.09 Å².